The van der Waals surface area contributed by atoms with Crippen LogP contribution in [0, 0.1) is 0 Å². The molecule has 2 rings (SSSR count). The van der Waals surface area contributed by atoms with E-state index in [9.17, 15) is 13.2 Å². The molecule has 0 amide bonds. The molecule has 1 aromatic carbocycles. The zero-order chi connectivity index (χ0) is 15.5. The van der Waals surface area contributed by atoms with E-state index in [1.807, 2.05) is 6.92 Å². The molecule has 116 valence electrons. The van der Waals surface area contributed by atoms with Gasteiger partial charge in [0.1, 0.15) is 0 Å². The topological polar surface area (TPSA) is 83.9 Å². The van der Waals surface area contributed by atoms with Crippen LogP contribution in [0.4, 0.5) is 0 Å². The molecular weight excluding hydrogens is 294 g/mol. The van der Waals surface area contributed by atoms with Crippen LogP contribution in [0.15, 0.2) is 29.2 Å². The summed E-state index contributed by atoms with van der Waals surface area (Å²) < 4.78 is 31.8. The van der Waals surface area contributed by atoms with Gasteiger partial charge in [0.05, 0.1) is 30.6 Å². The van der Waals surface area contributed by atoms with E-state index in [1.54, 1.807) is 24.3 Å². The number of nitrogens with zero attached hydrogens (tertiary/aromatic N) is 1. The van der Waals surface area contributed by atoms with Crippen molar-refractivity contribution >= 4 is 16.0 Å². The van der Waals surface area contributed by atoms with Crippen molar-refractivity contribution in [3.05, 3.63) is 29.8 Å². The van der Waals surface area contributed by atoms with E-state index in [4.69, 9.17) is 9.84 Å². The summed E-state index contributed by atoms with van der Waals surface area (Å²) in [6.45, 7) is 2.56. The lowest BCUT2D eigenvalue weighted by atomic mass is 10.2. The van der Waals surface area contributed by atoms with Crippen LogP contribution in [0.3, 0.4) is 0 Å². The molecule has 7 heteroatoms. The number of ether oxygens (including phenoxy) is 1. The van der Waals surface area contributed by atoms with Gasteiger partial charge < -0.3 is 9.84 Å². The van der Waals surface area contributed by atoms with Crippen LogP contribution in [-0.4, -0.2) is 49.6 Å². The van der Waals surface area contributed by atoms with Gasteiger partial charge in [-0.3, -0.25) is 4.79 Å². The second-order valence-electron chi connectivity index (χ2n) is 4.94. The predicted octanol–water partition coefficient (Wildman–Crippen LogP) is 1.11. The summed E-state index contributed by atoms with van der Waals surface area (Å²) in [6.07, 6.45) is 0.575. The number of hydrogen-bond acceptors (Lipinski definition) is 4. The molecule has 1 aromatic rings. The van der Waals surface area contributed by atoms with E-state index in [-0.39, 0.29) is 31.1 Å². The van der Waals surface area contributed by atoms with E-state index in [1.165, 1.54) is 4.31 Å². The summed E-state index contributed by atoms with van der Waals surface area (Å²) in [5.41, 5.74) is 1.05. The standard InChI is InChI=1S/C14H19NO5S/c1-2-11-3-5-13(6-4-11)21(18,19)15-7-8-20-10-12(15)9-14(16)17/h3-6,12H,2,7-10H2,1H3,(H,16,17). The monoisotopic (exact) mass is 313 g/mol. The molecule has 1 aliphatic heterocycles. The number of rotatable bonds is 5. The molecule has 1 heterocycles. The molecule has 1 unspecified atom stereocenters. The van der Waals surface area contributed by atoms with E-state index in [0.29, 0.717) is 0 Å². The first-order valence-corrected chi connectivity index (χ1v) is 8.29. The van der Waals surface area contributed by atoms with Gasteiger partial charge in [-0.25, -0.2) is 8.42 Å². The van der Waals surface area contributed by atoms with Crippen molar-refractivity contribution in [2.24, 2.45) is 0 Å². The van der Waals surface area contributed by atoms with Crippen LogP contribution in [-0.2, 0) is 26.0 Å². The van der Waals surface area contributed by atoms with E-state index in [2.05, 4.69) is 0 Å². The highest BCUT2D eigenvalue weighted by Gasteiger charge is 2.35. The highest BCUT2D eigenvalue weighted by atomic mass is 32.2. The first-order valence-electron chi connectivity index (χ1n) is 6.85. The molecule has 0 radical (unpaired) electrons. The summed E-state index contributed by atoms with van der Waals surface area (Å²) in [5.74, 6) is -1.04. The molecule has 1 aliphatic rings. The number of benzene rings is 1. The van der Waals surface area contributed by atoms with E-state index < -0.39 is 22.0 Å². The number of morpholine rings is 1. The minimum absolute atomic E-state index is 0.110. The molecule has 0 spiro atoms. The van der Waals surface area contributed by atoms with Crippen molar-refractivity contribution in [1.29, 1.82) is 0 Å². The highest BCUT2D eigenvalue weighted by molar-refractivity contribution is 7.89. The smallest absolute Gasteiger partial charge is 0.305 e. The van der Waals surface area contributed by atoms with Gasteiger partial charge >= 0.3 is 5.97 Å². The maximum atomic E-state index is 12.7. The van der Waals surface area contributed by atoms with Crippen LogP contribution in [0.25, 0.3) is 0 Å². The zero-order valence-electron chi connectivity index (χ0n) is 11.9. The Morgan fingerprint density at radius 3 is 2.62 bits per heavy atom. The lowest BCUT2D eigenvalue weighted by Crippen LogP contribution is -2.49. The maximum Gasteiger partial charge on any atom is 0.305 e. The highest BCUT2D eigenvalue weighted by Crippen LogP contribution is 2.22. The fourth-order valence-electron chi connectivity index (χ4n) is 2.35. The molecule has 0 aliphatic carbocycles. The molecule has 1 N–H and O–H groups in total. The van der Waals surface area contributed by atoms with Gasteiger partial charge in [-0.1, -0.05) is 19.1 Å². The van der Waals surface area contributed by atoms with Crippen LogP contribution in [0.2, 0.25) is 0 Å². The van der Waals surface area contributed by atoms with Crippen molar-refractivity contribution < 1.29 is 23.1 Å². The van der Waals surface area contributed by atoms with Crippen molar-refractivity contribution in [1.82, 2.24) is 4.31 Å². The van der Waals surface area contributed by atoms with Gasteiger partial charge in [-0.05, 0) is 24.1 Å². The SMILES string of the molecule is CCc1ccc(S(=O)(=O)N2CCOCC2CC(=O)O)cc1. The lowest BCUT2D eigenvalue weighted by molar-refractivity contribution is -0.139. The second-order valence-corrected chi connectivity index (χ2v) is 6.83. The number of carboxylic acid groups (broad SMARTS) is 1. The largest absolute Gasteiger partial charge is 0.481 e. The predicted molar refractivity (Wildman–Crippen MR) is 76.6 cm³/mol. The average Bonchev–Trinajstić information content (AvgIpc) is 2.47. The van der Waals surface area contributed by atoms with Gasteiger partial charge in [0.2, 0.25) is 10.0 Å². The number of carbonyl (C=O) groups is 1. The summed E-state index contributed by atoms with van der Waals surface area (Å²) in [4.78, 5) is 11.1. The Bertz CT molecular complexity index is 596. The number of carboxylic acids is 1. The van der Waals surface area contributed by atoms with Crippen molar-refractivity contribution in [3.8, 4) is 0 Å². The summed E-state index contributed by atoms with van der Waals surface area (Å²) in [5, 5.41) is 8.91. The van der Waals surface area contributed by atoms with E-state index in [0.717, 1.165) is 12.0 Å². The van der Waals surface area contributed by atoms with Crippen molar-refractivity contribution in [2.75, 3.05) is 19.8 Å². The summed E-state index contributed by atoms with van der Waals surface area (Å²) in [6, 6.07) is 6.04. The molecule has 0 bridgehead atoms. The fourth-order valence-corrected chi connectivity index (χ4v) is 3.94. The normalized spacial score (nSPS) is 20.3. The minimum atomic E-state index is -3.69. The molecule has 0 saturated carbocycles. The van der Waals surface area contributed by atoms with Gasteiger partial charge in [0.25, 0.3) is 0 Å². The molecular formula is C14H19NO5S. The molecule has 0 aromatic heterocycles. The number of aliphatic carboxylic acids is 1. The first kappa shape index (κ1) is 15.9. The second kappa shape index (κ2) is 6.55. The third kappa shape index (κ3) is 3.61. The van der Waals surface area contributed by atoms with Crippen molar-refractivity contribution in [2.45, 2.75) is 30.7 Å². The molecule has 1 saturated heterocycles. The van der Waals surface area contributed by atoms with Crippen LogP contribution >= 0.6 is 0 Å². The minimum Gasteiger partial charge on any atom is -0.481 e. The third-order valence-electron chi connectivity index (χ3n) is 3.52. The lowest BCUT2D eigenvalue weighted by Gasteiger charge is -2.33. The number of aryl methyl sites for hydroxylation is 1. The molecule has 1 fully saturated rings. The van der Waals surface area contributed by atoms with Gasteiger partial charge in [0.15, 0.2) is 0 Å². The average molecular weight is 313 g/mol. The fraction of sp³-hybridized carbons (Fsp3) is 0.500. The Balaban J connectivity index is 2.28. The molecule has 6 nitrogen and oxygen atoms in total. The maximum absolute atomic E-state index is 12.7. The van der Waals surface area contributed by atoms with Gasteiger partial charge in [0, 0.05) is 6.54 Å². The van der Waals surface area contributed by atoms with Gasteiger partial charge in [-0.2, -0.15) is 4.31 Å². The Kier molecular flexibility index (Phi) is 4.97. The number of sulfonamides is 1. The van der Waals surface area contributed by atoms with Crippen molar-refractivity contribution in [3.63, 3.8) is 0 Å². The first-order chi connectivity index (χ1) is 9.95. The summed E-state index contributed by atoms with van der Waals surface area (Å²) >= 11 is 0. The Morgan fingerprint density at radius 1 is 1.38 bits per heavy atom. The Hall–Kier alpha value is -1.44. The number of hydrogen-bond donors (Lipinski definition) is 1. The Morgan fingerprint density at radius 2 is 2.05 bits per heavy atom. The third-order valence-corrected chi connectivity index (χ3v) is 5.49. The quantitative estimate of drug-likeness (QED) is 0.880. The van der Waals surface area contributed by atoms with Gasteiger partial charge in [-0.15, -0.1) is 0 Å². The van der Waals surface area contributed by atoms with E-state index >= 15 is 0 Å². The summed E-state index contributed by atoms with van der Waals surface area (Å²) in [7, 11) is -3.69. The van der Waals surface area contributed by atoms with Crippen LogP contribution in [0.5, 0.6) is 0 Å². The van der Waals surface area contributed by atoms with Crippen LogP contribution in [0.1, 0.15) is 18.9 Å². The zero-order valence-corrected chi connectivity index (χ0v) is 12.7. The van der Waals surface area contributed by atoms with Crippen LogP contribution < -0.4 is 0 Å². The Labute approximate surface area is 124 Å². The molecule has 1 atom stereocenters. The molecule has 21 heavy (non-hydrogen) atoms.